The molecule has 166 valence electrons. The van der Waals surface area contributed by atoms with E-state index in [2.05, 4.69) is 101 Å². The summed E-state index contributed by atoms with van der Waals surface area (Å²) in [6.45, 7) is 5.14. The lowest BCUT2D eigenvalue weighted by molar-refractivity contribution is 0.758. The molecular weight excluding hydrogens is 416 g/mol. The van der Waals surface area contributed by atoms with Crippen LogP contribution in [-0.2, 0) is 13.0 Å². The molecule has 1 N–H and O–H groups in total. The van der Waals surface area contributed by atoms with Crippen LogP contribution in [0.3, 0.4) is 0 Å². The maximum absolute atomic E-state index is 5.07. The Hall–Kier alpha value is -4.18. The van der Waals surface area contributed by atoms with Gasteiger partial charge in [-0.2, -0.15) is 0 Å². The van der Waals surface area contributed by atoms with E-state index in [1.54, 1.807) is 0 Å². The summed E-state index contributed by atoms with van der Waals surface area (Å²) in [5.74, 6) is 1.07. The van der Waals surface area contributed by atoms with Crippen LogP contribution in [0.2, 0.25) is 0 Å². The van der Waals surface area contributed by atoms with E-state index in [1.807, 2.05) is 18.6 Å². The zero-order valence-corrected chi connectivity index (χ0v) is 19.4. The molecule has 0 amide bonds. The highest BCUT2D eigenvalue weighted by atomic mass is 15.1. The fourth-order valence-electron chi connectivity index (χ4n) is 4.72. The third kappa shape index (κ3) is 3.77. The van der Waals surface area contributed by atoms with E-state index in [0.29, 0.717) is 0 Å². The number of nitrogens with one attached hydrogen (secondary N) is 1. The number of rotatable bonds is 5. The number of aromatic nitrogens is 4. The van der Waals surface area contributed by atoms with Gasteiger partial charge in [-0.15, -0.1) is 0 Å². The summed E-state index contributed by atoms with van der Waals surface area (Å²) in [6, 6.07) is 26.1. The molecule has 0 aliphatic rings. The van der Waals surface area contributed by atoms with Crippen LogP contribution in [0.15, 0.2) is 91.4 Å². The van der Waals surface area contributed by atoms with Crippen LogP contribution in [-0.4, -0.2) is 19.5 Å². The SMILES string of the molecule is Cc1ccc(C)c(Cn2c(Cc3ccncc3)nc3ccc(-c4ccc5cc[nH]c5c4)cc32)c1. The van der Waals surface area contributed by atoms with Gasteiger partial charge in [0.05, 0.1) is 11.0 Å². The van der Waals surface area contributed by atoms with Crippen molar-refractivity contribution in [1.82, 2.24) is 19.5 Å². The number of pyridine rings is 1. The van der Waals surface area contributed by atoms with Crippen LogP contribution in [0.5, 0.6) is 0 Å². The number of imidazole rings is 1. The van der Waals surface area contributed by atoms with Gasteiger partial charge in [-0.3, -0.25) is 4.98 Å². The summed E-state index contributed by atoms with van der Waals surface area (Å²) in [5.41, 5.74) is 10.9. The maximum atomic E-state index is 5.07. The summed E-state index contributed by atoms with van der Waals surface area (Å²) < 4.78 is 2.38. The van der Waals surface area contributed by atoms with E-state index >= 15 is 0 Å². The normalized spacial score (nSPS) is 11.5. The Balaban J connectivity index is 1.50. The standard InChI is InChI=1S/C30H26N4/c1-20-3-4-21(2)26(15-20)19-34-29-18-25(24-6-5-23-11-14-32-28(23)17-24)7-8-27(29)33-30(34)16-22-9-12-31-13-10-22/h3-15,17-18,32H,16,19H2,1-2H3. The molecule has 34 heavy (non-hydrogen) atoms. The molecule has 0 radical (unpaired) electrons. The average molecular weight is 443 g/mol. The third-order valence-corrected chi connectivity index (χ3v) is 6.66. The first-order valence-corrected chi connectivity index (χ1v) is 11.7. The second-order valence-electron chi connectivity index (χ2n) is 9.06. The number of benzene rings is 3. The van der Waals surface area contributed by atoms with Gasteiger partial charge in [0.15, 0.2) is 0 Å². The van der Waals surface area contributed by atoms with Crippen molar-refractivity contribution in [3.63, 3.8) is 0 Å². The molecule has 3 aromatic heterocycles. The molecular formula is C30H26N4. The van der Waals surface area contributed by atoms with Crippen LogP contribution < -0.4 is 0 Å². The highest BCUT2D eigenvalue weighted by molar-refractivity contribution is 5.88. The summed E-state index contributed by atoms with van der Waals surface area (Å²) >= 11 is 0. The number of hydrogen-bond donors (Lipinski definition) is 1. The number of hydrogen-bond acceptors (Lipinski definition) is 2. The summed E-state index contributed by atoms with van der Waals surface area (Å²) in [7, 11) is 0. The quantitative estimate of drug-likeness (QED) is 0.318. The van der Waals surface area contributed by atoms with E-state index in [0.717, 1.165) is 35.3 Å². The first-order chi connectivity index (χ1) is 16.6. The molecule has 0 fully saturated rings. The second-order valence-corrected chi connectivity index (χ2v) is 9.06. The van der Waals surface area contributed by atoms with E-state index in [9.17, 15) is 0 Å². The Kier molecular flexibility index (Phi) is 4.99. The number of aryl methyl sites for hydroxylation is 2. The number of nitrogens with zero attached hydrogens (tertiary/aromatic N) is 3. The molecule has 0 saturated carbocycles. The van der Waals surface area contributed by atoms with Crippen molar-refractivity contribution in [2.24, 2.45) is 0 Å². The van der Waals surface area contributed by atoms with Gasteiger partial charge in [0.1, 0.15) is 5.82 Å². The van der Waals surface area contributed by atoms with Crippen molar-refractivity contribution >= 4 is 21.9 Å². The zero-order chi connectivity index (χ0) is 23.1. The van der Waals surface area contributed by atoms with Gasteiger partial charge in [-0.25, -0.2) is 4.98 Å². The monoisotopic (exact) mass is 442 g/mol. The number of fused-ring (bicyclic) bond motifs is 2. The molecule has 3 aromatic carbocycles. The number of aromatic amines is 1. The van der Waals surface area contributed by atoms with Gasteiger partial charge < -0.3 is 9.55 Å². The molecule has 0 aliphatic carbocycles. The minimum Gasteiger partial charge on any atom is -0.361 e. The van der Waals surface area contributed by atoms with Crippen molar-refractivity contribution in [2.45, 2.75) is 26.8 Å². The average Bonchev–Trinajstić information content (AvgIpc) is 3.46. The van der Waals surface area contributed by atoms with Gasteiger partial charge in [0.25, 0.3) is 0 Å². The van der Waals surface area contributed by atoms with Crippen LogP contribution in [0.1, 0.15) is 28.1 Å². The second kappa shape index (κ2) is 8.31. The Bertz CT molecular complexity index is 1620. The fraction of sp³-hybridized carbons (Fsp3) is 0.133. The first kappa shape index (κ1) is 20.4. The van der Waals surface area contributed by atoms with Crippen LogP contribution in [0.25, 0.3) is 33.1 Å². The van der Waals surface area contributed by atoms with Crippen molar-refractivity contribution < 1.29 is 0 Å². The lowest BCUT2D eigenvalue weighted by atomic mass is 10.0. The lowest BCUT2D eigenvalue weighted by Crippen LogP contribution is -2.07. The minimum absolute atomic E-state index is 0.770. The highest BCUT2D eigenvalue weighted by Crippen LogP contribution is 2.29. The third-order valence-electron chi connectivity index (χ3n) is 6.66. The number of H-pyrrole nitrogens is 1. The van der Waals surface area contributed by atoms with E-state index in [4.69, 9.17) is 4.98 Å². The smallest absolute Gasteiger partial charge is 0.114 e. The van der Waals surface area contributed by atoms with Gasteiger partial charge in [-0.1, -0.05) is 42.0 Å². The van der Waals surface area contributed by atoms with Gasteiger partial charge in [-0.05, 0) is 83.4 Å². The topological polar surface area (TPSA) is 46.5 Å². The Morgan fingerprint density at radius 3 is 2.53 bits per heavy atom. The van der Waals surface area contributed by atoms with Crippen molar-refractivity contribution in [3.8, 4) is 11.1 Å². The molecule has 0 atom stereocenters. The summed E-state index contributed by atoms with van der Waals surface area (Å²) in [6.07, 6.45) is 6.46. The largest absolute Gasteiger partial charge is 0.361 e. The molecule has 6 rings (SSSR count). The molecule has 4 nitrogen and oxygen atoms in total. The molecule has 4 heteroatoms. The first-order valence-electron chi connectivity index (χ1n) is 11.7. The zero-order valence-electron chi connectivity index (χ0n) is 19.4. The van der Waals surface area contributed by atoms with Crippen LogP contribution in [0.4, 0.5) is 0 Å². The van der Waals surface area contributed by atoms with Gasteiger partial charge in [0, 0.05) is 37.1 Å². The molecule has 0 aliphatic heterocycles. The van der Waals surface area contributed by atoms with Crippen molar-refractivity contribution in [3.05, 3.63) is 119 Å². The minimum atomic E-state index is 0.770. The molecule has 0 unspecified atom stereocenters. The fourth-order valence-corrected chi connectivity index (χ4v) is 4.72. The van der Waals surface area contributed by atoms with Crippen LogP contribution in [0, 0.1) is 13.8 Å². The van der Waals surface area contributed by atoms with Gasteiger partial charge in [0.2, 0.25) is 0 Å². The Labute approximate surface area is 198 Å². The molecule has 3 heterocycles. The van der Waals surface area contributed by atoms with Crippen molar-refractivity contribution in [2.75, 3.05) is 0 Å². The van der Waals surface area contributed by atoms with Crippen LogP contribution >= 0.6 is 0 Å². The van der Waals surface area contributed by atoms with Crippen molar-refractivity contribution in [1.29, 1.82) is 0 Å². The predicted octanol–water partition coefficient (Wildman–Crippen LogP) is 6.84. The molecule has 6 aromatic rings. The predicted molar refractivity (Wildman–Crippen MR) is 139 cm³/mol. The molecule has 0 spiro atoms. The Morgan fingerprint density at radius 1 is 0.824 bits per heavy atom. The van der Waals surface area contributed by atoms with E-state index < -0.39 is 0 Å². The maximum Gasteiger partial charge on any atom is 0.114 e. The summed E-state index contributed by atoms with van der Waals surface area (Å²) in [5, 5.41) is 1.23. The molecule has 0 saturated heterocycles. The molecule has 0 bridgehead atoms. The Morgan fingerprint density at radius 2 is 1.65 bits per heavy atom. The van der Waals surface area contributed by atoms with E-state index in [1.165, 1.54) is 38.8 Å². The van der Waals surface area contributed by atoms with E-state index in [-0.39, 0.29) is 0 Å². The van der Waals surface area contributed by atoms with Gasteiger partial charge >= 0.3 is 0 Å². The highest BCUT2D eigenvalue weighted by Gasteiger charge is 2.14. The lowest BCUT2D eigenvalue weighted by Gasteiger charge is -2.13. The summed E-state index contributed by atoms with van der Waals surface area (Å²) in [4.78, 5) is 12.6.